The molecule has 4 nitrogen and oxygen atoms in total. The van der Waals surface area contributed by atoms with Crippen molar-refractivity contribution in [2.75, 3.05) is 12.8 Å². The molecule has 5 heteroatoms. The lowest BCUT2D eigenvalue weighted by Crippen LogP contribution is -2.31. The first kappa shape index (κ1) is 16.2. The molecule has 2 unspecified atom stereocenters. The van der Waals surface area contributed by atoms with Crippen molar-refractivity contribution in [2.24, 2.45) is 11.7 Å². The Labute approximate surface area is 126 Å². The van der Waals surface area contributed by atoms with Crippen LogP contribution in [0.5, 0.6) is 0 Å². The third kappa shape index (κ3) is 4.14. The maximum Gasteiger partial charge on any atom is 0.165 e. The molecule has 0 spiro atoms. The minimum absolute atomic E-state index is 0.0719. The van der Waals surface area contributed by atoms with Gasteiger partial charge in [-0.2, -0.15) is 0 Å². The van der Waals surface area contributed by atoms with Gasteiger partial charge in [0.15, 0.2) is 5.78 Å². The molecule has 0 aliphatic heterocycles. The summed E-state index contributed by atoms with van der Waals surface area (Å²) < 4.78 is 23.4. The fraction of sp³-hybridized carbons (Fsp3) is 0.562. The van der Waals surface area contributed by atoms with Crippen molar-refractivity contribution in [1.29, 1.82) is 0 Å². The standard InChI is InChI=1S/C16H23NO3S/c1-21(19,20)15-4-2-3-14(11-15)16(18)13-7-5-12(6-8-13)9-10-17/h5-8,14-15H,2-4,9-11,17H2,1H3. The highest BCUT2D eigenvalue weighted by Crippen LogP contribution is 2.30. The fourth-order valence-electron chi connectivity index (χ4n) is 3.01. The zero-order valence-electron chi connectivity index (χ0n) is 12.4. The van der Waals surface area contributed by atoms with Crippen LogP contribution < -0.4 is 5.73 Å². The van der Waals surface area contributed by atoms with Crippen LogP contribution >= 0.6 is 0 Å². The molecule has 21 heavy (non-hydrogen) atoms. The summed E-state index contributed by atoms with van der Waals surface area (Å²) in [5, 5.41) is -0.364. The third-order valence-electron chi connectivity index (χ3n) is 4.27. The van der Waals surface area contributed by atoms with E-state index in [9.17, 15) is 13.2 Å². The Morgan fingerprint density at radius 1 is 1.24 bits per heavy atom. The smallest absolute Gasteiger partial charge is 0.165 e. The van der Waals surface area contributed by atoms with Gasteiger partial charge in [-0.05, 0) is 37.8 Å². The number of hydrogen-bond acceptors (Lipinski definition) is 4. The molecule has 2 atom stereocenters. The van der Waals surface area contributed by atoms with E-state index in [-0.39, 0.29) is 17.0 Å². The van der Waals surface area contributed by atoms with Gasteiger partial charge in [-0.15, -0.1) is 0 Å². The minimum Gasteiger partial charge on any atom is -0.330 e. The van der Waals surface area contributed by atoms with Crippen molar-refractivity contribution in [3.63, 3.8) is 0 Å². The van der Waals surface area contributed by atoms with Gasteiger partial charge in [-0.3, -0.25) is 4.79 Å². The maximum atomic E-state index is 12.5. The number of sulfone groups is 1. The lowest BCUT2D eigenvalue weighted by molar-refractivity contribution is 0.0891. The summed E-state index contributed by atoms with van der Waals surface area (Å²) in [4.78, 5) is 12.5. The van der Waals surface area contributed by atoms with E-state index in [0.717, 1.165) is 24.8 Å². The van der Waals surface area contributed by atoms with Gasteiger partial charge < -0.3 is 5.73 Å². The SMILES string of the molecule is CS(=O)(=O)C1CCCC(C(=O)c2ccc(CCN)cc2)C1. The second kappa shape index (κ2) is 6.71. The van der Waals surface area contributed by atoms with Crippen molar-refractivity contribution in [3.8, 4) is 0 Å². The maximum absolute atomic E-state index is 12.5. The van der Waals surface area contributed by atoms with E-state index in [1.807, 2.05) is 24.3 Å². The fourth-order valence-corrected chi connectivity index (χ4v) is 4.19. The normalized spacial score (nSPS) is 23.0. The topological polar surface area (TPSA) is 77.2 Å². The average molecular weight is 309 g/mol. The van der Waals surface area contributed by atoms with Gasteiger partial charge in [0.2, 0.25) is 0 Å². The molecule has 1 saturated carbocycles. The Hall–Kier alpha value is -1.20. The molecule has 1 aliphatic carbocycles. The summed E-state index contributed by atoms with van der Waals surface area (Å²) in [6.45, 7) is 0.589. The van der Waals surface area contributed by atoms with Gasteiger partial charge in [0.05, 0.1) is 5.25 Å². The summed E-state index contributed by atoms with van der Waals surface area (Å²) in [5.41, 5.74) is 7.30. The van der Waals surface area contributed by atoms with Crippen molar-refractivity contribution < 1.29 is 13.2 Å². The summed E-state index contributed by atoms with van der Waals surface area (Å²) in [5.74, 6) is -0.0959. The van der Waals surface area contributed by atoms with Gasteiger partial charge in [0.25, 0.3) is 0 Å². The molecule has 1 fully saturated rings. The predicted molar refractivity (Wildman–Crippen MR) is 84.1 cm³/mol. The molecule has 0 saturated heterocycles. The highest BCUT2D eigenvalue weighted by molar-refractivity contribution is 7.91. The quantitative estimate of drug-likeness (QED) is 0.844. The van der Waals surface area contributed by atoms with E-state index >= 15 is 0 Å². The molecule has 0 amide bonds. The van der Waals surface area contributed by atoms with Crippen molar-refractivity contribution >= 4 is 15.6 Å². The molecular weight excluding hydrogens is 286 g/mol. The number of carbonyl (C=O) groups excluding carboxylic acids is 1. The number of rotatable bonds is 5. The van der Waals surface area contributed by atoms with Crippen LogP contribution in [0.1, 0.15) is 41.6 Å². The molecule has 0 bridgehead atoms. The minimum atomic E-state index is -3.05. The second-order valence-corrected chi connectivity index (χ2v) is 8.24. The first-order valence-electron chi connectivity index (χ1n) is 7.44. The molecule has 2 N–H and O–H groups in total. The number of Topliss-reactive ketones (excluding diaryl/α,β-unsaturated/α-hetero) is 1. The van der Waals surface area contributed by atoms with Crippen LogP contribution in [0.2, 0.25) is 0 Å². The largest absolute Gasteiger partial charge is 0.330 e. The van der Waals surface area contributed by atoms with E-state index in [4.69, 9.17) is 5.73 Å². The zero-order valence-corrected chi connectivity index (χ0v) is 13.2. The van der Waals surface area contributed by atoms with E-state index in [0.29, 0.717) is 24.9 Å². The predicted octanol–water partition coefficient (Wildman–Crippen LogP) is 1.97. The lowest BCUT2D eigenvalue weighted by Gasteiger charge is -2.27. The number of hydrogen-bond donors (Lipinski definition) is 1. The van der Waals surface area contributed by atoms with Crippen molar-refractivity contribution in [1.82, 2.24) is 0 Å². The Morgan fingerprint density at radius 3 is 2.48 bits per heavy atom. The first-order chi connectivity index (χ1) is 9.91. The Kier molecular flexibility index (Phi) is 5.17. The zero-order chi connectivity index (χ0) is 15.5. The Balaban J connectivity index is 2.08. The van der Waals surface area contributed by atoms with Crippen LogP contribution in [0.15, 0.2) is 24.3 Å². The van der Waals surface area contributed by atoms with E-state index in [2.05, 4.69) is 0 Å². The van der Waals surface area contributed by atoms with Crippen molar-refractivity contribution in [2.45, 2.75) is 37.4 Å². The van der Waals surface area contributed by atoms with Gasteiger partial charge in [-0.1, -0.05) is 30.7 Å². The van der Waals surface area contributed by atoms with Gasteiger partial charge in [0.1, 0.15) is 9.84 Å². The van der Waals surface area contributed by atoms with Gasteiger partial charge >= 0.3 is 0 Å². The van der Waals surface area contributed by atoms with Crippen LogP contribution in [0.3, 0.4) is 0 Å². The highest BCUT2D eigenvalue weighted by Gasteiger charge is 2.32. The van der Waals surface area contributed by atoms with Crippen LogP contribution in [-0.2, 0) is 16.3 Å². The molecule has 1 aliphatic rings. The van der Waals surface area contributed by atoms with E-state index in [1.165, 1.54) is 6.26 Å². The van der Waals surface area contributed by atoms with E-state index in [1.54, 1.807) is 0 Å². The summed E-state index contributed by atoms with van der Waals surface area (Å²) in [6.07, 6.45) is 4.80. The summed E-state index contributed by atoms with van der Waals surface area (Å²) >= 11 is 0. The van der Waals surface area contributed by atoms with E-state index < -0.39 is 9.84 Å². The number of carbonyl (C=O) groups is 1. The van der Waals surface area contributed by atoms with Crippen LogP contribution in [0, 0.1) is 5.92 Å². The molecule has 2 rings (SSSR count). The molecule has 0 aromatic heterocycles. The molecule has 1 aromatic rings. The molecule has 116 valence electrons. The monoisotopic (exact) mass is 309 g/mol. The van der Waals surface area contributed by atoms with Crippen molar-refractivity contribution in [3.05, 3.63) is 35.4 Å². The molecular formula is C16H23NO3S. The molecule has 0 radical (unpaired) electrons. The van der Waals surface area contributed by atoms with Gasteiger partial charge in [-0.25, -0.2) is 8.42 Å². The van der Waals surface area contributed by atoms with Crippen LogP contribution in [0.25, 0.3) is 0 Å². The van der Waals surface area contributed by atoms with Crippen LogP contribution in [-0.4, -0.2) is 32.3 Å². The average Bonchev–Trinajstić information content (AvgIpc) is 2.47. The molecule has 1 aromatic carbocycles. The van der Waals surface area contributed by atoms with Gasteiger partial charge in [0, 0.05) is 17.7 Å². The van der Waals surface area contributed by atoms with Crippen LogP contribution in [0.4, 0.5) is 0 Å². The Bertz CT molecular complexity index is 592. The third-order valence-corrected chi connectivity index (χ3v) is 5.91. The molecule has 0 heterocycles. The second-order valence-electron chi connectivity index (χ2n) is 5.91. The number of benzene rings is 1. The Morgan fingerprint density at radius 2 is 1.90 bits per heavy atom. The number of ketones is 1. The summed E-state index contributed by atoms with van der Waals surface area (Å²) in [7, 11) is -3.05. The highest BCUT2D eigenvalue weighted by atomic mass is 32.2. The lowest BCUT2D eigenvalue weighted by atomic mass is 9.83. The first-order valence-corrected chi connectivity index (χ1v) is 9.39. The number of nitrogens with two attached hydrogens (primary N) is 1. The summed E-state index contributed by atoms with van der Waals surface area (Å²) in [6, 6.07) is 7.52.